The fraction of sp³-hybridized carbons (Fsp3) is 0.455. The van der Waals surface area contributed by atoms with Crippen LogP contribution in [0.2, 0.25) is 0 Å². The number of quaternary nitrogens is 2. The fourth-order valence-corrected chi connectivity index (χ4v) is 1.97. The molecule has 1 heterocycles. The Hall–Kier alpha value is -0.940. The van der Waals surface area contributed by atoms with E-state index < -0.39 is 0 Å². The molecule has 0 aliphatic carbocycles. The Balaban J connectivity index is 1.99. The van der Waals surface area contributed by atoms with Crippen molar-refractivity contribution in [2.24, 2.45) is 0 Å². The second kappa shape index (κ2) is 4.28. The van der Waals surface area contributed by atoms with Crippen molar-refractivity contribution in [1.82, 2.24) is 0 Å². The average Bonchev–Trinajstić information content (AvgIpc) is 2.24. The van der Waals surface area contributed by atoms with Gasteiger partial charge in [0.15, 0.2) is 0 Å². The maximum Gasteiger partial charge on any atom is 0.129 e. The third-order valence-corrected chi connectivity index (χ3v) is 2.91. The van der Waals surface area contributed by atoms with Crippen molar-refractivity contribution >= 4 is 0 Å². The van der Waals surface area contributed by atoms with Crippen molar-refractivity contribution in [2.45, 2.75) is 6.54 Å². The summed E-state index contributed by atoms with van der Waals surface area (Å²) in [6.07, 6.45) is 0. The first-order valence-corrected chi connectivity index (χ1v) is 5.31. The highest BCUT2D eigenvalue weighted by Gasteiger charge is 2.24. The number of nitrogens with one attached hydrogen (secondary N) is 1. The maximum absolute atomic E-state index is 12.2. The van der Waals surface area contributed by atoms with Gasteiger partial charge in [-0.05, 0) is 0 Å². The highest BCUT2D eigenvalue weighted by Crippen LogP contribution is 2.12. The van der Waals surface area contributed by atoms with Crippen LogP contribution in [0.25, 0.3) is 0 Å². The number of hydroxylamine groups is 5. The number of hydrogen-bond donors (Lipinski definition) is 1. The molecule has 0 amide bonds. The molecule has 0 bridgehead atoms. The summed E-state index contributed by atoms with van der Waals surface area (Å²) >= 11 is 0. The number of benzene rings is 1. The molecule has 0 saturated carbocycles. The molecule has 0 spiro atoms. The molecule has 4 nitrogen and oxygen atoms in total. The first-order chi connectivity index (χ1) is 7.18. The summed E-state index contributed by atoms with van der Waals surface area (Å²) in [6.45, 7) is 2.25. The van der Waals surface area contributed by atoms with E-state index in [1.807, 2.05) is 30.3 Å². The van der Waals surface area contributed by atoms with E-state index >= 15 is 0 Å². The van der Waals surface area contributed by atoms with E-state index in [0.717, 1.165) is 5.56 Å². The molecule has 1 aliphatic heterocycles. The van der Waals surface area contributed by atoms with Gasteiger partial charge in [-0.2, -0.15) is 0 Å². The summed E-state index contributed by atoms with van der Waals surface area (Å²) in [5.41, 5.74) is 1.06. The minimum Gasteiger partial charge on any atom is -0.634 e. The van der Waals surface area contributed by atoms with Crippen LogP contribution in [0.1, 0.15) is 5.56 Å². The molecule has 1 saturated heterocycles. The van der Waals surface area contributed by atoms with Crippen molar-refractivity contribution in [2.75, 3.05) is 26.2 Å². The smallest absolute Gasteiger partial charge is 0.129 e. The molecule has 1 aliphatic rings. The molecule has 1 aromatic carbocycles. The topological polar surface area (TPSA) is 50.6 Å². The highest BCUT2D eigenvalue weighted by atomic mass is 16.6. The summed E-state index contributed by atoms with van der Waals surface area (Å²) < 4.78 is -0.240. The predicted molar refractivity (Wildman–Crippen MR) is 57.6 cm³/mol. The van der Waals surface area contributed by atoms with Crippen molar-refractivity contribution in [3.63, 3.8) is 0 Å². The second-order valence-electron chi connectivity index (χ2n) is 4.19. The van der Waals surface area contributed by atoms with Crippen LogP contribution in [-0.4, -0.2) is 30.8 Å². The zero-order valence-electron chi connectivity index (χ0n) is 8.69. The zero-order valence-corrected chi connectivity index (χ0v) is 8.69. The normalized spacial score (nSPS) is 31.5. The summed E-state index contributed by atoms with van der Waals surface area (Å²) in [5, 5.41) is 23.5. The lowest BCUT2D eigenvalue weighted by molar-refractivity contribution is -0.985. The van der Waals surface area contributed by atoms with Crippen LogP contribution < -0.4 is 5.06 Å². The van der Waals surface area contributed by atoms with E-state index in [1.54, 1.807) is 0 Å². The molecule has 0 radical (unpaired) electrons. The van der Waals surface area contributed by atoms with Crippen LogP contribution in [0.4, 0.5) is 0 Å². The Morgan fingerprint density at radius 1 is 1.13 bits per heavy atom. The Bertz CT molecular complexity index is 308. The van der Waals surface area contributed by atoms with E-state index in [9.17, 15) is 10.4 Å². The Morgan fingerprint density at radius 3 is 2.33 bits per heavy atom. The third kappa shape index (κ3) is 2.76. The van der Waals surface area contributed by atoms with Gasteiger partial charge in [0.25, 0.3) is 0 Å². The van der Waals surface area contributed by atoms with Gasteiger partial charge in [-0.1, -0.05) is 30.3 Å². The first kappa shape index (κ1) is 10.6. The van der Waals surface area contributed by atoms with Crippen molar-refractivity contribution in [1.29, 1.82) is 0 Å². The number of piperazine rings is 1. The largest absolute Gasteiger partial charge is 0.634 e. The molecule has 2 rings (SSSR count). The van der Waals surface area contributed by atoms with Gasteiger partial charge in [-0.25, -0.2) is 0 Å². The molecule has 1 aromatic rings. The predicted octanol–water partition coefficient (Wildman–Crippen LogP) is -0.102. The minimum absolute atomic E-state index is 0.229. The van der Waals surface area contributed by atoms with Crippen molar-refractivity contribution in [3.05, 3.63) is 46.3 Å². The van der Waals surface area contributed by atoms with E-state index in [1.165, 1.54) is 0 Å². The van der Waals surface area contributed by atoms with E-state index in [4.69, 9.17) is 0 Å². The van der Waals surface area contributed by atoms with Gasteiger partial charge >= 0.3 is 0 Å². The van der Waals surface area contributed by atoms with Crippen LogP contribution in [-0.2, 0) is 6.54 Å². The molecule has 15 heavy (non-hydrogen) atoms. The van der Waals surface area contributed by atoms with Crippen molar-refractivity contribution in [3.8, 4) is 0 Å². The number of hydrogen-bond acceptors (Lipinski definition) is 2. The van der Waals surface area contributed by atoms with Gasteiger partial charge in [0.1, 0.15) is 32.7 Å². The minimum atomic E-state index is -0.240. The van der Waals surface area contributed by atoms with Gasteiger partial charge in [-0.15, -0.1) is 0 Å². The molecule has 1 fully saturated rings. The van der Waals surface area contributed by atoms with Gasteiger partial charge < -0.3 is 20.1 Å². The lowest BCUT2D eigenvalue weighted by atomic mass is 10.2. The van der Waals surface area contributed by atoms with Gasteiger partial charge in [0.05, 0.1) is 0 Å². The second-order valence-corrected chi connectivity index (χ2v) is 4.19. The van der Waals surface area contributed by atoms with Crippen molar-refractivity contribution < 1.29 is 9.71 Å². The molecule has 0 atom stereocenters. The molecule has 1 N–H and O–H groups in total. The number of rotatable bonds is 2. The van der Waals surface area contributed by atoms with Gasteiger partial charge in [0, 0.05) is 5.56 Å². The van der Waals surface area contributed by atoms with Gasteiger partial charge in [0.2, 0.25) is 0 Å². The summed E-state index contributed by atoms with van der Waals surface area (Å²) in [4.78, 5) is 0. The Labute approximate surface area is 89.5 Å². The average molecular weight is 208 g/mol. The molecule has 82 valence electrons. The summed E-state index contributed by atoms with van der Waals surface area (Å²) in [6, 6.07) is 9.76. The third-order valence-electron chi connectivity index (χ3n) is 2.91. The first-order valence-electron chi connectivity index (χ1n) is 5.31. The fourth-order valence-electron chi connectivity index (χ4n) is 1.97. The van der Waals surface area contributed by atoms with Crippen LogP contribution >= 0.6 is 0 Å². The molecule has 0 unspecified atom stereocenters. The highest BCUT2D eigenvalue weighted by molar-refractivity contribution is 5.13. The van der Waals surface area contributed by atoms with Crippen LogP contribution in [0.3, 0.4) is 0 Å². The van der Waals surface area contributed by atoms with Gasteiger partial charge in [-0.3, -0.25) is 0 Å². The van der Waals surface area contributed by atoms with E-state index in [0.29, 0.717) is 32.7 Å². The lowest BCUT2D eigenvalue weighted by Crippen LogP contribution is -3.11. The van der Waals surface area contributed by atoms with Crippen LogP contribution in [0.15, 0.2) is 30.3 Å². The van der Waals surface area contributed by atoms with E-state index in [2.05, 4.69) is 0 Å². The quantitative estimate of drug-likeness (QED) is 0.545. The summed E-state index contributed by atoms with van der Waals surface area (Å²) in [7, 11) is 0. The monoisotopic (exact) mass is 208 g/mol. The summed E-state index contributed by atoms with van der Waals surface area (Å²) in [5.74, 6) is 0. The van der Waals surface area contributed by atoms with Crippen LogP contribution in [0, 0.1) is 10.4 Å². The molecular weight excluding hydrogens is 192 g/mol. The lowest BCUT2D eigenvalue weighted by Gasteiger charge is -2.47. The molecule has 0 aromatic heterocycles. The Morgan fingerprint density at radius 2 is 1.73 bits per heavy atom. The number of nitrogens with zero attached hydrogens (tertiary/aromatic N) is 1. The maximum atomic E-state index is 12.2. The van der Waals surface area contributed by atoms with E-state index in [-0.39, 0.29) is 9.71 Å². The standard InChI is InChI=1S/C11H16N2O2/c14-12-6-8-13(15,9-7-12)10-11-4-2-1-3-5-11/h1-5,12H,6-10H2. The SMILES string of the molecule is [O-][NH+]1CC[N+]([O-])(Cc2ccccc2)CC1. The molecule has 4 heteroatoms. The zero-order chi connectivity index (χ0) is 10.7. The molecular formula is C11H16N2O2. The Kier molecular flexibility index (Phi) is 3.02. The van der Waals surface area contributed by atoms with Crippen LogP contribution in [0.5, 0.6) is 0 Å².